The average Bonchev–Trinajstić information content (AvgIpc) is 3.21. The number of likely N-dealkylation sites (tertiary alicyclic amines) is 1. The monoisotopic (exact) mass is 438 g/mol. The second-order valence-electron chi connectivity index (χ2n) is 8.94. The molecule has 0 atom stereocenters. The first kappa shape index (κ1) is 23.0. The fourth-order valence-electron chi connectivity index (χ4n) is 3.77. The SMILES string of the molecule is COCCN1CCN(C(=O)c2csc(C3CCN(C(=O)OC(C)(C)C)CC3)n2)CC1. The van der Waals surface area contributed by atoms with E-state index in [4.69, 9.17) is 9.47 Å². The standard InChI is InChI=1S/C21H34N4O4S/c1-21(2,3)29-20(27)25-7-5-16(6-8-25)18-22-17(15-30-18)19(26)24-11-9-23(10-12-24)13-14-28-4/h15-16H,5-14H2,1-4H3. The van der Waals surface area contributed by atoms with E-state index < -0.39 is 5.60 Å². The van der Waals surface area contributed by atoms with Crippen LogP contribution in [0.25, 0.3) is 0 Å². The van der Waals surface area contributed by atoms with Crippen molar-refractivity contribution in [2.45, 2.75) is 45.1 Å². The third-order valence-corrected chi connectivity index (χ3v) is 6.52. The lowest BCUT2D eigenvalue weighted by atomic mass is 9.98. The minimum Gasteiger partial charge on any atom is -0.444 e. The largest absolute Gasteiger partial charge is 0.444 e. The summed E-state index contributed by atoms with van der Waals surface area (Å²) in [5.41, 5.74) is 0.0724. The molecule has 3 heterocycles. The van der Waals surface area contributed by atoms with Crippen molar-refractivity contribution < 1.29 is 19.1 Å². The second kappa shape index (κ2) is 10.1. The highest BCUT2D eigenvalue weighted by Gasteiger charge is 2.30. The third kappa shape index (κ3) is 6.15. The van der Waals surface area contributed by atoms with Crippen LogP contribution in [0.5, 0.6) is 0 Å². The van der Waals surface area contributed by atoms with Gasteiger partial charge in [-0.2, -0.15) is 0 Å². The van der Waals surface area contributed by atoms with E-state index in [0.717, 1.165) is 57.2 Å². The summed E-state index contributed by atoms with van der Waals surface area (Å²) >= 11 is 1.56. The molecule has 2 aliphatic heterocycles. The van der Waals surface area contributed by atoms with E-state index in [9.17, 15) is 9.59 Å². The van der Waals surface area contributed by atoms with E-state index in [-0.39, 0.29) is 12.0 Å². The summed E-state index contributed by atoms with van der Waals surface area (Å²) in [6, 6.07) is 0. The molecule has 1 aromatic rings. The third-order valence-electron chi connectivity index (χ3n) is 5.51. The maximum absolute atomic E-state index is 12.8. The van der Waals surface area contributed by atoms with Gasteiger partial charge in [0.25, 0.3) is 5.91 Å². The summed E-state index contributed by atoms with van der Waals surface area (Å²) in [7, 11) is 1.71. The van der Waals surface area contributed by atoms with Gasteiger partial charge in [0.15, 0.2) is 0 Å². The van der Waals surface area contributed by atoms with Gasteiger partial charge in [-0.1, -0.05) is 0 Å². The van der Waals surface area contributed by atoms with Crippen LogP contribution in [-0.4, -0.2) is 96.8 Å². The molecule has 0 unspecified atom stereocenters. The Morgan fingerprint density at radius 3 is 2.37 bits per heavy atom. The average molecular weight is 439 g/mol. The van der Waals surface area contributed by atoms with Crippen LogP contribution in [0.4, 0.5) is 4.79 Å². The van der Waals surface area contributed by atoms with E-state index in [1.165, 1.54) is 0 Å². The Bertz CT molecular complexity index is 717. The first-order chi connectivity index (χ1) is 14.3. The fraction of sp³-hybridized carbons (Fsp3) is 0.762. The second-order valence-corrected chi connectivity index (χ2v) is 9.83. The molecule has 2 fully saturated rings. The number of carbonyl (C=O) groups is 2. The lowest BCUT2D eigenvalue weighted by molar-refractivity contribution is 0.0204. The number of amides is 2. The topological polar surface area (TPSA) is 75.2 Å². The van der Waals surface area contributed by atoms with Gasteiger partial charge in [0.1, 0.15) is 11.3 Å². The van der Waals surface area contributed by atoms with E-state index in [0.29, 0.717) is 24.7 Å². The Morgan fingerprint density at radius 2 is 1.77 bits per heavy atom. The van der Waals surface area contributed by atoms with Crippen molar-refractivity contribution in [1.29, 1.82) is 0 Å². The van der Waals surface area contributed by atoms with E-state index in [2.05, 4.69) is 9.88 Å². The lowest BCUT2D eigenvalue weighted by Crippen LogP contribution is -2.49. The van der Waals surface area contributed by atoms with Gasteiger partial charge in [0.2, 0.25) is 0 Å². The highest BCUT2D eigenvalue weighted by molar-refractivity contribution is 7.09. The minimum atomic E-state index is -0.478. The highest BCUT2D eigenvalue weighted by atomic mass is 32.1. The molecule has 0 radical (unpaired) electrons. The van der Waals surface area contributed by atoms with Crippen LogP contribution in [0.2, 0.25) is 0 Å². The minimum absolute atomic E-state index is 0.0232. The number of piperidine rings is 1. The Kier molecular flexibility index (Phi) is 7.70. The number of piperazine rings is 1. The van der Waals surface area contributed by atoms with Crippen LogP contribution >= 0.6 is 11.3 Å². The molecule has 3 rings (SSSR count). The van der Waals surface area contributed by atoms with Crippen LogP contribution < -0.4 is 0 Å². The van der Waals surface area contributed by atoms with Crippen molar-refractivity contribution in [3.63, 3.8) is 0 Å². The van der Waals surface area contributed by atoms with Crippen molar-refractivity contribution in [3.05, 3.63) is 16.1 Å². The Balaban J connectivity index is 1.49. The number of nitrogens with zero attached hydrogens (tertiary/aromatic N) is 4. The van der Waals surface area contributed by atoms with Gasteiger partial charge in [0.05, 0.1) is 11.6 Å². The number of aromatic nitrogens is 1. The number of rotatable bonds is 5. The molecule has 9 heteroatoms. The molecular formula is C21H34N4O4S. The zero-order chi connectivity index (χ0) is 21.7. The molecule has 0 bridgehead atoms. The Morgan fingerprint density at radius 1 is 1.10 bits per heavy atom. The fourth-order valence-corrected chi connectivity index (χ4v) is 4.73. The normalized spacial score (nSPS) is 19.2. The molecule has 2 aliphatic rings. The summed E-state index contributed by atoms with van der Waals surface area (Å²) in [4.78, 5) is 35.7. The molecule has 0 spiro atoms. The predicted octanol–water partition coefficient (Wildman–Crippen LogP) is 2.66. The molecule has 0 N–H and O–H groups in total. The Hall–Kier alpha value is -1.71. The first-order valence-electron chi connectivity index (χ1n) is 10.7. The lowest BCUT2D eigenvalue weighted by Gasteiger charge is -2.34. The number of carbonyl (C=O) groups excluding carboxylic acids is 2. The molecular weight excluding hydrogens is 404 g/mol. The Labute approximate surface area is 183 Å². The van der Waals surface area contributed by atoms with Gasteiger partial charge in [-0.3, -0.25) is 9.69 Å². The molecule has 168 valence electrons. The van der Waals surface area contributed by atoms with Crippen molar-refractivity contribution in [2.24, 2.45) is 0 Å². The zero-order valence-electron chi connectivity index (χ0n) is 18.6. The van der Waals surface area contributed by atoms with Crippen LogP contribution in [0, 0.1) is 0 Å². The van der Waals surface area contributed by atoms with Gasteiger partial charge in [0, 0.05) is 64.2 Å². The summed E-state index contributed by atoms with van der Waals surface area (Å²) in [6.45, 7) is 11.8. The number of thiazole rings is 1. The van der Waals surface area contributed by atoms with Gasteiger partial charge in [-0.25, -0.2) is 9.78 Å². The summed E-state index contributed by atoms with van der Waals surface area (Å²) in [5, 5.41) is 2.88. The molecule has 2 saturated heterocycles. The molecule has 0 saturated carbocycles. The zero-order valence-corrected chi connectivity index (χ0v) is 19.4. The van der Waals surface area contributed by atoms with E-state index in [1.54, 1.807) is 23.3 Å². The molecule has 0 aliphatic carbocycles. The molecule has 1 aromatic heterocycles. The molecule has 8 nitrogen and oxygen atoms in total. The van der Waals surface area contributed by atoms with E-state index >= 15 is 0 Å². The van der Waals surface area contributed by atoms with Gasteiger partial charge in [-0.05, 0) is 33.6 Å². The van der Waals surface area contributed by atoms with Crippen LogP contribution in [0.3, 0.4) is 0 Å². The molecule has 2 amide bonds. The van der Waals surface area contributed by atoms with Crippen LogP contribution in [0.1, 0.15) is 55.0 Å². The molecule has 30 heavy (non-hydrogen) atoms. The van der Waals surface area contributed by atoms with Crippen molar-refractivity contribution in [2.75, 3.05) is 59.5 Å². The highest BCUT2D eigenvalue weighted by Crippen LogP contribution is 2.31. The summed E-state index contributed by atoms with van der Waals surface area (Å²) < 4.78 is 10.6. The van der Waals surface area contributed by atoms with Gasteiger partial charge < -0.3 is 19.3 Å². The van der Waals surface area contributed by atoms with Crippen LogP contribution in [0.15, 0.2) is 5.38 Å². The maximum atomic E-state index is 12.8. The predicted molar refractivity (Wildman–Crippen MR) is 116 cm³/mol. The summed E-state index contributed by atoms with van der Waals surface area (Å²) in [6.07, 6.45) is 1.44. The summed E-state index contributed by atoms with van der Waals surface area (Å²) in [5.74, 6) is 0.316. The van der Waals surface area contributed by atoms with Crippen molar-refractivity contribution in [1.82, 2.24) is 19.7 Å². The van der Waals surface area contributed by atoms with Gasteiger partial charge in [-0.15, -0.1) is 11.3 Å². The number of hydrogen-bond acceptors (Lipinski definition) is 7. The van der Waals surface area contributed by atoms with Gasteiger partial charge >= 0.3 is 6.09 Å². The number of ether oxygens (including phenoxy) is 2. The van der Waals surface area contributed by atoms with Crippen molar-refractivity contribution >= 4 is 23.3 Å². The molecule has 0 aromatic carbocycles. The number of methoxy groups -OCH3 is 1. The first-order valence-corrected chi connectivity index (χ1v) is 11.6. The van der Waals surface area contributed by atoms with Crippen LogP contribution in [-0.2, 0) is 9.47 Å². The number of hydrogen-bond donors (Lipinski definition) is 0. The van der Waals surface area contributed by atoms with E-state index in [1.807, 2.05) is 31.1 Å². The maximum Gasteiger partial charge on any atom is 0.410 e. The quantitative estimate of drug-likeness (QED) is 0.704. The smallest absolute Gasteiger partial charge is 0.410 e. The van der Waals surface area contributed by atoms with Crippen molar-refractivity contribution in [3.8, 4) is 0 Å².